The SMILES string of the molecule is Cc1ccc(C(=O)OCC(=O)NNC(=O)c2cccs2)o1. The number of hydrazine groups is 1. The van der Waals surface area contributed by atoms with Crippen LogP contribution in [0.3, 0.4) is 0 Å². The Morgan fingerprint density at radius 2 is 2.05 bits per heavy atom. The Morgan fingerprint density at radius 3 is 2.67 bits per heavy atom. The van der Waals surface area contributed by atoms with Crippen LogP contribution in [0.1, 0.15) is 26.0 Å². The molecule has 0 fully saturated rings. The normalized spacial score (nSPS) is 9.95. The van der Waals surface area contributed by atoms with Crippen LogP contribution in [0.25, 0.3) is 0 Å². The van der Waals surface area contributed by atoms with Gasteiger partial charge in [-0.3, -0.25) is 20.4 Å². The molecule has 0 unspecified atom stereocenters. The molecule has 21 heavy (non-hydrogen) atoms. The van der Waals surface area contributed by atoms with Crippen LogP contribution < -0.4 is 10.9 Å². The van der Waals surface area contributed by atoms with Crippen LogP contribution in [0, 0.1) is 6.92 Å². The Kier molecular flexibility index (Phi) is 4.72. The molecule has 7 nitrogen and oxygen atoms in total. The standard InChI is InChI=1S/C13H12N2O5S/c1-8-4-5-9(20-8)13(18)19-7-11(16)14-15-12(17)10-3-2-6-21-10/h2-6H,7H2,1H3,(H,14,16)(H,15,17). The number of furan rings is 1. The molecular formula is C13H12N2O5S. The zero-order valence-corrected chi connectivity index (χ0v) is 11.9. The number of rotatable bonds is 4. The molecule has 2 rings (SSSR count). The van der Waals surface area contributed by atoms with Crippen LogP contribution in [-0.4, -0.2) is 24.4 Å². The lowest BCUT2D eigenvalue weighted by molar-refractivity contribution is -0.125. The Hall–Kier alpha value is -2.61. The van der Waals surface area contributed by atoms with E-state index in [2.05, 4.69) is 10.9 Å². The van der Waals surface area contributed by atoms with Gasteiger partial charge in [0.15, 0.2) is 6.61 Å². The van der Waals surface area contributed by atoms with Crippen LogP contribution in [0.5, 0.6) is 0 Å². The van der Waals surface area contributed by atoms with Crippen LogP contribution in [0.4, 0.5) is 0 Å². The quantitative estimate of drug-likeness (QED) is 0.655. The topological polar surface area (TPSA) is 97.6 Å². The first kappa shape index (κ1) is 14.8. The van der Waals surface area contributed by atoms with Gasteiger partial charge < -0.3 is 9.15 Å². The predicted molar refractivity (Wildman–Crippen MR) is 73.7 cm³/mol. The van der Waals surface area contributed by atoms with Crippen molar-refractivity contribution in [3.8, 4) is 0 Å². The zero-order valence-electron chi connectivity index (χ0n) is 11.0. The highest BCUT2D eigenvalue weighted by Gasteiger charge is 2.14. The Morgan fingerprint density at radius 1 is 1.24 bits per heavy atom. The monoisotopic (exact) mass is 308 g/mol. The highest BCUT2D eigenvalue weighted by atomic mass is 32.1. The number of ether oxygens (including phenoxy) is 1. The summed E-state index contributed by atoms with van der Waals surface area (Å²) >= 11 is 1.24. The summed E-state index contributed by atoms with van der Waals surface area (Å²) in [6.07, 6.45) is 0. The number of nitrogens with one attached hydrogen (secondary N) is 2. The van der Waals surface area contributed by atoms with E-state index >= 15 is 0 Å². The molecule has 110 valence electrons. The summed E-state index contributed by atoms with van der Waals surface area (Å²) in [5, 5.41) is 1.74. The van der Waals surface area contributed by atoms with Crippen molar-refractivity contribution >= 4 is 29.1 Å². The highest BCUT2D eigenvalue weighted by Crippen LogP contribution is 2.08. The van der Waals surface area contributed by atoms with Crippen LogP contribution >= 0.6 is 11.3 Å². The number of aryl methyl sites for hydroxylation is 1. The molecular weight excluding hydrogens is 296 g/mol. The summed E-state index contributed by atoms with van der Waals surface area (Å²) in [5.41, 5.74) is 4.35. The lowest BCUT2D eigenvalue weighted by Crippen LogP contribution is -2.43. The third kappa shape index (κ3) is 4.18. The third-order valence-corrected chi connectivity index (χ3v) is 3.20. The van der Waals surface area contributed by atoms with E-state index in [0.717, 1.165) is 0 Å². The minimum absolute atomic E-state index is 0.0166. The summed E-state index contributed by atoms with van der Waals surface area (Å²) in [4.78, 5) is 34.9. The predicted octanol–water partition coefficient (Wildman–Crippen LogP) is 1.27. The molecule has 0 aliphatic carbocycles. The van der Waals surface area contributed by atoms with Gasteiger partial charge in [-0.25, -0.2) is 4.79 Å². The highest BCUT2D eigenvalue weighted by molar-refractivity contribution is 7.12. The van der Waals surface area contributed by atoms with Crippen LogP contribution in [-0.2, 0) is 9.53 Å². The fraction of sp³-hybridized carbons (Fsp3) is 0.154. The minimum atomic E-state index is -0.747. The van der Waals surface area contributed by atoms with E-state index in [9.17, 15) is 14.4 Å². The van der Waals surface area contributed by atoms with E-state index in [4.69, 9.17) is 9.15 Å². The molecule has 0 aromatic carbocycles. The number of hydrogen-bond donors (Lipinski definition) is 2. The lowest BCUT2D eigenvalue weighted by atomic mass is 10.4. The molecule has 2 N–H and O–H groups in total. The Balaban J connectivity index is 1.72. The molecule has 0 saturated heterocycles. The van der Waals surface area contributed by atoms with Gasteiger partial charge in [-0.15, -0.1) is 11.3 Å². The molecule has 0 atom stereocenters. The number of amides is 2. The molecule has 0 saturated carbocycles. The van der Waals surface area contributed by atoms with Gasteiger partial charge in [-0.05, 0) is 30.5 Å². The maximum atomic E-state index is 11.5. The number of carbonyl (C=O) groups excluding carboxylic acids is 3. The van der Waals surface area contributed by atoms with Crippen molar-refractivity contribution in [2.24, 2.45) is 0 Å². The van der Waals surface area contributed by atoms with Crippen molar-refractivity contribution < 1.29 is 23.5 Å². The van der Waals surface area contributed by atoms with Crippen molar-refractivity contribution in [1.82, 2.24) is 10.9 Å². The van der Waals surface area contributed by atoms with Gasteiger partial charge in [-0.2, -0.15) is 0 Å². The fourth-order valence-corrected chi connectivity index (χ4v) is 2.00. The van der Waals surface area contributed by atoms with Crippen molar-refractivity contribution in [3.05, 3.63) is 46.0 Å². The van der Waals surface area contributed by atoms with E-state index in [1.807, 2.05) is 0 Å². The molecule has 2 amide bonds. The van der Waals surface area contributed by atoms with Gasteiger partial charge in [0.25, 0.3) is 11.8 Å². The van der Waals surface area contributed by atoms with E-state index in [0.29, 0.717) is 10.6 Å². The van der Waals surface area contributed by atoms with E-state index in [-0.39, 0.29) is 5.76 Å². The molecule has 0 bridgehead atoms. The summed E-state index contributed by atoms with van der Waals surface area (Å²) in [6.45, 7) is 1.16. The molecule has 0 spiro atoms. The second-order valence-electron chi connectivity index (χ2n) is 3.97. The largest absolute Gasteiger partial charge is 0.454 e. The van der Waals surface area contributed by atoms with Gasteiger partial charge in [0.2, 0.25) is 5.76 Å². The Bertz CT molecular complexity index is 647. The lowest BCUT2D eigenvalue weighted by Gasteiger charge is -2.06. The second kappa shape index (κ2) is 6.71. The molecule has 0 radical (unpaired) electrons. The number of hydrogen-bond acceptors (Lipinski definition) is 6. The molecule has 0 aliphatic rings. The smallest absolute Gasteiger partial charge is 0.374 e. The van der Waals surface area contributed by atoms with Crippen LogP contribution in [0.2, 0.25) is 0 Å². The van der Waals surface area contributed by atoms with E-state index in [1.54, 1.807) is 30.5 Å². The van der Waals surface area contributed by atoms with Gasteiger partial charge in [0.1, 0.15) is 5.76 Å². The summed E-state index contributed by atoms with van der Waals surface area (Å²) in [5.74, 6) is -1.26. The van der Waals surface area contributed by atoms with Gasteiger partial charge in [0, 0.05) is 0 Å². The fourth-order valence-electron chi connectivity index (χ4n) is 1.38. The van der Waals surface area contributed by atoms with Crippen molar-refractivity contribution in [2.45, 2.75) is 6.92 Å². The molecule has 8 heteroatoms. The van der Waals surface area contributed by atoms with Crippen molar-refractivity contribution in [2.75, 3.05) is 6.61 Å². The number of esters is 1. The van der Waals surface area contributed by atoms with E-state index < -0.39 is 24.4 Å². The van der Waals surface area contributed by atoms with Crippen molar-refractivity contribution in [3.63, 3.8) is 0 Å². The molecule has 2 aromatic heterocycles. The first-order chi connectivity index (χ1) is 10.1. The first-order valence-corrected chi connectivity index (χ1v) is 6.80. The first-order valence-electron chi connectivity index (χ1n) is 5.92. The number of carbonyl (C=O) groups is 3. The molecule has 2 aromatic rings. The van der Waals surface area contributed by atoms with E-state index in [1.165, 1.54) is 17.4 Å². The Labute approximate surface area is 123 Å². The van der Waals surface area contributed by atoms with Gasteiger partial charge in [-0.1, -0.05) is 6.07 Å². The van der Waals surface area contributed by atoms with Gasteiger partial charge >= 0.3 is 5.97 Å². The summed E-state index contributed by atoms with van der Waals surface area (Å²) in [6, 6.07) is 6.39. The number of thiophene rings is 1. The van der Waals surface area contributed by atoms with Crippen molar-refractivity contribution in [1.29, 1.82) is 0 Å². The summed E-state index contributed by atoms with van der Waals surface area (Å²) < 4.78 is 9.78. The second-order valence-corrected chi connectivity index (χ2v) is 4.91. The average Bonchev–Trinajstić information content (AvgIpc) is 3.13. The maximum Gasteiger partial charge on any atom is 0.374 e. The zero-order chi connectivity index (χ0) is 15.2. The minimum Gasteiger partial charge on any atom is -0.454 e. The average molecular weight is 308 g/mol. The third-order valence-electron chi connectivity index (χ3n) is 2.34. The van der Waals surface area contributed by atoms with Crippen LogP contribution in [0.15, 0.2) is 34.1 Å². The van der Waals surface area contributed by atoms with Gasteiger partial charge in [0.05, 0.1) is 4.88 Å². The maximum absolute atomic E-state index is 11.5. The molecule has 0 aliphatic heterocycles. The summed E-state index contributed by atoms with van der Waals surface area (Å²) in [7, 11) is 0. The molecule has 2 heterocycles.